The molecule has 0 bridgehead atoms. The minimum absolute atomic E-state index is 0.336. The molecule has 5 nitrogen and oxygen atoms in total. The molecular formula is C7H9BrN2O3. The molecule has 6 heteroatoms. The monoisotopic (exact) mass is 248 g/mol. The predicted molar refractivity (Wildman–Crippen MR) is 50.9 cm³/mol. The van der Waals surface area contributed by atoms with E-state index in [-0.39, 0.29) is 0 Å². The third-order valence-electron chi connectivity index (χ3n) is 1.50. The van der Waals surface area contributed by atoms with Gasteiger partial charge in [0, 0.05) is 13.3 Å². The summed E-state index contributed by atoms with van der Waals surface area (Å²) in [5.41, 5.74) is -0.844. The maximum Gasteiger partial charge on any atom is 0.328 e. The molecule has 1 rings (SSSR count). The highest BCUT2D eigenvalue weighted by Crippen LogP contribution is 1.97. The zero-order valence-corrected chi connectivity index (χ0v) is 8.63. The molecule has 0 amide bonds. The molecule has 0 aliphatic rings. The van der Waals surface area contributed by atoms with Crippen LogP contribution in [0.3, 0.4) is 0 Å². The van der Waals surface area contributed by atoms with Crippen LogP contribution in [0.2, 0.25) is 0 Å². The highest BCUT2D eigenvalue weighted by atomic mass is 79.9. The zero-order chi connectivity index (χ0) is 9.84. The van der Waals surface area contributed by atoms with Crippen molar-refractivity contribution in [2.24, 2.45) is 0 Å². The zero-order valence-electron chi connectivity index (χ0n) is 7.04. The summed E-state index contributed by atoms with van der Waals surface area (Å²) in [5.74, 6) is 0. The average molecular weight is 249 g/mol. The standard InChI is InChI=1S/C7H9BrN2O3/c1-13-3-2-10-4-5(8)6(11)9-7(10)12/h4H,2-3H2,1H3,(H,9,11,12). The second-order valence-electron chi connectivity index (χ2n) is 2.42. The first kappa shape index (κ1) is 10.2. The number of rotatable bonds is 3. The SMILES string of the molecule is COCCn1cc(Br)c(=O)[nH]c1=O. The Morgan fingerprint density at radius 1 is 1.62 bits per heavy atom. The van der Waals surface area contributed by atoms with E-state index >= 15 is 0 Å². The number of hydrogen-bond donors (Lipinski definition) is 1. The Bertz CT molecular complexity index is 395. The molecule has 0 saturated heterocycles. The lowest BCUT2D eigenvalue weighted by Gasteiger charge is -2.03. The molecule has 72 valence electrons. The van der Waals surface area contributed by atoms with Crippen molar-refractivity contribution in [2.45, 2.75) is 6.54 Å². The van der Waals surface area contributed by atoms with Gasteiger partial charge >= 0.3 is 5.69 Å². The highest BCUT2D eigenvalue weighted by Gasteiger charge is 2.00. The molecule has 0 unspecified atom stereocenters. The van der Waals surface area contributed by atoms with Crippen molar-refractivity contribution >= 4 is 15.9 Å². The number of H-pyrrole nitrogens is 1. The third-order valence-corrected chi connectivity index (χ3v) is 2.07. The van der Waals surface area contributed by atoms with Gasteiger partial charge in [-0.25, -0.2) is 4.79 Å². The molecule has 0 radical (unpaired) electrons. The molecule has 1 aromatic rings. The summed E-state index contributed by atoms with van der Waals surface area (Å²) in [6, 6.07) is 0. The lowest BCUT2D eigenvalue weighted by atomic mass is 10.6. The number of aromatic nitrogens is 2. The summed E-state index contributed by atoms with van der Waals surface area (Å²) in [6.07, 6.45) is 1.44. The third kappa shape index (κ3) is 2.53. The van der Waals surface area contributed by atoms with E-state index in [1.807, 2.05) is 0 Å². The largest absolute Gasteiger partial charge is 0.383 e. The molecule has 1 N–H and O–H groups in total. The number of nitrogens with one attached hydrogen (secondary N) is 1. The first-order valence-electron chi connectivity index (χ1n) is 3.63. The Hall–Kier alpha value is -0.880. The van der Waals surface area contributed by atoms with E-state index in [0.717, 1.165) is 0 Å². The highest BCUT2D eigenvalue weighted by molar-refractivity contribution is 9.10. The van der Waals surface area contributed by atoms with E-state index in [4.69, 9.17) is 4.74 Å². The molecular weight excluding hydrogens is 240 g/mol. The fraction of sp³-hybridized carbons (Fsp3) is 0.429. The van der Waals surface area contributed by atoms with Crippen LogP contribution in [0.1, 0.15) is 0 Å². The van der Waals surface area contributed by atoms with Crippen LogP contribution in [0.25, 0.3) is 0 Å². The van der Waals surface area contributed by atoms with Crippen LogP contribution in [0.15, 0.2) is 20.3 Å². The van der Waals surface area contributed by atoms with Crippen LogP contribution in [0.4, 0.5) is 0 Å². The Morgan fingerprint density at radius 3 is 2.92 bits per heavy atom. The van der Waals surface area contributed by atoms with E-state index in [0.29, 0.717) is 17.6 Å². The van der Waals surface area contributed by atoms with Crippen molar-refractivity contribution in [3.63, 3.8) is 0 Å². The normalized spacial score (nSPS) is 10.3. The molecule has 1 heterocycles. The lowest BCUT2D eigenvalue weighted by Crippen LogP contribution is -2.30. The van der Waals surface area contributed by atoms with Crippen LogP contribution >= 0.6 is 15.9 Å². The van der Waals surface area contributed by atoms with Gasteiger partial charge in [-0.2, -0.15) is 0 Å². The second kappa shape index (κ2) is 4.38. The molecule has 0 atom stereocenters. The quantitative estimate of drug-likeness (QED) is 0.816. The lowest BCUT2D eigenvalue weighted by molar-refractivity contribution is 0.185. The van der Waals surface area contributed by atoms with Crippen molar-refractivity contribution in [2.75, 3.05) is 13.7 Å². The molecule has 0 saturated carbocycles. The molecule has 0 spiro atoms. The molecule has 0 aliphatic carbocycles. The number of halogens is 1. The second-order valence-corrected chi connectivity index (χ2v) is 3.28. The van der Waals surface area contributed by atoms with Crippen molar-refractivity contribution in [1.29, 1.82) is 0 Å². The van der Waals surface area contributed by atoms with Gasteiger partial charge < -0.3 is 4.74 Å². The first-order chi connectivity index (χ1) is 6.15. The Morgan fingerprint density at radius 2 is 2.31 bits per heavy atom. The molecule has 1 aromatic heterocycles. The van der Waals surface area contributed by atoms with Gasteiger partial charge in [0.1, 0.15) is 0 Å². The summed E-state index contributed by atoms with van der Waals surface area (Å²) >= 11 is 3.03. The van der Waals surface area contributed by atoms with Gasteiger partial charge in [0.2, 0.25) is 0 Å². The molecule has 0 aromatic carbocycles. The van der Waals surface area contributed by atoms with E-state index in [2.05, 4.69) is 20.9 Å². The van der Waals surface area contributed by atoms with Crippen LogP contribution < -0.4 is 11.2 Å². The van der Waals surface area contributed by atoms with Crippen molar-refractivity contribution < 1.29 is 4.74 Å². The van der Waals surface area contributed by atoms with Gasteiger partial charge in [0.05, 0.1) is 17.6 Å². The number of aromatic amines is 1. The van der Waals surface area contributed by atoms with Crippen LogP contribution in [0, 0.1) is 0 Å². The number of nitrogens with zero attached hydrogens (tertiary/aromatic N) is 1. The van der Waals surface area contributed by atoms with Crippen LogP contribution in [0.5, 0.6) is 0 Å². The fourth-order valence-corrected chi connectivity index (χ4v) is 1.18. The van der Waals surface area contributed by atoms with Crippen LogP contribution in [-0.2, 0) is 11.3 Å². The minimum atomic E-state index is -0.426. The average Bonchev–Trinajstić information content (AvgIpc) is 2.09. The maximum absolute atomic E-state index is 11.1. The van der Waals surface area contributed by atoms with Crippen molar-refractivity contribution in [1.82, 2.24) is 9.55 Å². The summed E-state index contributed by atoms with van der Waals surface area (Å²) in [7, 11) is 1.55. The molecule has 13 heavy (non-hydrogen) atoms. The van der Waals surface area contributed by atoms with Gasteiger partial charge in [0.25, 0.3) is 5.56 Å². The van der Waals surface area contributed by atoms with E-state index in [9.17, 15) is 9.59 Å². The molecule has 0 aliphatic heterocycles. The number of hydrogen-bond acceptors (Lipinski definition) is 3. The van der Waals surface area contributed by atoms with Gasteiger partial charge in [-0.05, 0) is 15.9 Å². The topological polar surface area (TPSA) is 64.1 Å². The van der Waals surface area contributed by atoms with E-state index in [1.165, 1.54) is 10.8 Å². The Balaban J connectivity index is 3.02. The van der Waals surface area contributed by atoms with Gasteiger partial charge in [-0.1, -0.05) is 0 Å². The summed E-state index contributed by atoms with van der Waals surface area (Å²) < 4.78 is 6.51. The molecule has 0 fully saturated rings. The summed E-state index contributed by atoms with van der Waals surface area (Å²) in [4.78, 5) is 24.2. The number of methoxy groups -OCH3 is 1. The maximum atomic E-state index is 11.1. The Labute approximate surface area is 82.5 Å². The fourth-order valence-electron chi connectivity index (χ4n) is 0.838. The predicted octanol–water partition coefficient (Wildman–Crippen LogP) is -0.0545. The van der Waals surface area contributed by atoms with Gasteiger partial charge in [-0.15, -0.1) is 0 Å². The summed E-state index contributed by atoms with van der Waals surface area (Å²) in [6.45, 7) is 0.850. The van der Waals surface area contributed by atoms with Gasteiger partial charge in [-0.3, -0.25) is 14.3 Å². The number of ether oxygens (including phenoxy) is 1. The minimum Gasteiger partial charge on any atom is -0.383 e. The van der Waals surface area contributed by atoms with Crippen LogP contribution in [-0.4, -0.2) is 23.3 Å². The van der Waals surface area contributed by atoms with E-state index in [1.54, 1.807) is 7.11 Å². The smallest absolute Gasteiger partial charge is 0.328 e. The van der Waals surface area contributed by atoms with E-state index < -0.39 is 11.2 Å². The Kier molecular flexibility index (Phi) is 3.44. The van der Waals surface area contributed by atoms with Gasteiger partial charge in [0.15, 0.2) is 0 Å². The first-order valence-corrected chi connectivity index (χ1v) is 4.42. The van der Waals surface area contributed by atoms with Crippen molar-refractivity contribution in [3.8, 4) is 0 Å². The van der Waals surface area contributed by atoms with Crippen molar-refractivity contribution in [3.05, 3.63) is 31.5 Å². The summed E-state index contributed by atoms with van der Waals surface area (Å²) in [5, 5.41) is 0.